The van der Waals surface area contributed by atoms with Crippen LogP contribution in [0, 0.1) is 6.92 Å². The maximum absolute atomic E-state index is 2.67. The Morgan fingerprint density at radius 2 is 0.289 bits per heavy atom. The first-order valence-corrected chi connectivity index (χ1v) is 54.1. The summed E-state index contributed by atoms with van der Waals surface area (Å²) in [6.07, 6.45) is 0. The van der Waals surface area contributed by atoms with Gasteiger partial charge in [0.1, 0.15) is 0 Å². The Bertz CT molecular complexity index is 7350. The van der Waals surface area contributed by atoms with Crippen molar-refractivity contribution in [1.82, 2.24) is 0 Å². The quantitative estimate of drug-likeness (QED) is 0.102. The largest absolute Gasteiger partial charge is 0.0725 e. The predicted molar refractivity (Wildman–Crippen MR) is 640 cm³/mol. The van der Waals surface area contributed by atoms with Gasteiger partial charge >= 0.3 is 0 Å². The number of rotatable bonds is 14. The molecule has 0 nitrogen and oxygen atoms in total. The zero-order valence-corrected chi connectivity index (χ0v) is 92.2. The van der Waals surface area contributed by atoms with Gasteiger partial charge in [-0.3, -0.25) is 0 Å². The first-order valence-electron chi connectivity index (χ1n) is 54.1. The molecule has 0 unspecified atom stereocenters. The standard InChI is InChI=1S/C149H142/c1-93-38-71-135-131(74-93)139-136(72-73-137-138(139)130-34-28-31-37-134(130)149(137)132-35-29-26-32-128(132)129-33-27-30-36-133(129)149)148(135,126-89-114(110-79-102(94-39-55-118(56-40-94)140(2,3)4)75-103(80-110)95-41-57-119(58-42-95)141(5,6)7)87-115(90-126)111-81-104(96-43-59-120(60-44-96)142(8,9)10)76-105(82-111)97-45-61-121(62-46-97)143(11,12)13)127-91-116(112-83-106(98-47-63-122(64-48-98)144(14,15)16)77-107(84-112)99-49-65-123(66-50-99)145(17,18)19)88-117(92-127)113-85-108(100-51-67-124(68-52-100)146(20,21)22)78-109(86-113)101-53-69-125(70-54-101)147(23,24)25/h26-92H,1-25H3. The van der Waals surface area contributed by atoms with Gasteiger partial charge in [0, 0.05) is 0 Å². The first kappa shape index (κ1) is 98.8. The van der Waals surface area contributed by atoms with E-state index in [1.165, 1.54) is 117 Å². The van der Waals surface area contributed by atoms with Gasteiger partial charge in [-0.25, -0.2) is 0 Å². The highest BCUT2D eigenvalue weighted by atomic mass is 14.6. The molecule has 149 heavy (non-hydrogen) atoms. The van der Waals surface area contributed by atoms with Crippen molar-refractivity contribution in [3.63, 3.8) is 0 Å². The molecule has 0 N–H and O–H groups in total. The molecule has 0 amide bonds. The van der Waals surface area contributed by atoms with Crippen molar-refractivity contribution in [2.75, 3.05) is 0 Å². The molecule has 0 radical (unpaired) electrons. The summed E-state index contributed by atoms with van der Waals surface area (Å²) in [6.45, 7) is 58.1. The molecule has 0 heterocycles. The van der Waals surface area contributed by atoms with Crippen LogP contribution in [0.3, 0.4) is 0 Å². The van der Waals surface area contributed by atoms with Gasteiger partial charge in [-0.05, 0) is 415 Å². The highest BCUT2D eigenvalue weighted by molar-refractivity contribution is 6.06. The van der Waals surface area contributed by atoms with Crippen molar-refractivity contribution >= 4 is 0 Å². The molecule has 0 heteroatoms. The van der Waals surface area contributed by atoms with E-state index in [2.05, 4.69) is 580 Å². The van der Waals surface area contributed by atoms with Gasteiger partial charge in [0.05, 0.1) is 10.8 Å². The molecule has 0 aliphatic heterocycles. The van der Waals surface area contributed by atoms with E-state index in [4.69, 9.17) is 0 Å². The second kappa shape index (κ2) is 36.3. The van der Waals surface area contributed by atoms with E-state index >= 15 is 0 Å². The molecular weight excluding hydrogens is 1790 g/mol. The fourth-order valence-corrected chi connectivity index (χ4v) is 24.1. The highest BCUT2D eigenvalue weighted by Gasteiger charge is 2.56. The molecule has 738 valence electrons. The number of hydrogen-bond acceptors (Lipinski definition) is 0. The van der Waals surface area contributed by atoms with Gasteiger partial charge in [-0.2, -0.15) is 0 Å². The van der Waals surface area contributed by atoms with Crippen LogP contribution in [-0.4, -0.2) is 0 Å². The van der Waals surface area contributed by atoms with Crippen LogP contribution in [0.2, 0.25) is 0 Å². The van der Waals surface area contributed by atoms with Crippen molar-refractivity contribution in [2.45, 2.75) is 227 Å². The van der Waals surface area contributed by atoms with Crippen molar-refractivity contribution < 1.29 is 0 Å². The Morgan fingerprint density at radius 3 is 0.503 bits per heavy atom. The molecule has 0 saturated carbocycles. The Balaban J connectivity index is 0.925. The monoisotopic (exact) mass is 1930 g/mol. The second-order valence-electron chi connectivity index (χ2n) is 51.5. The summed E-state index contributed by atoms with van der Waals surface area (Å²) in [7, 11) is 0. The minimum atomic E-state index is -1.14. The van der Waals surface area contributed by atoms with Crippen molar-refractivity contribution in [2.24, 2.45) is 0 Å². The molecule has 0 saturated heterocycles. The van der Waals surface area contributed by atoms with Crippen LogP contribution < -0.4 is 0 Å². The van der Waals surface area contributed by atoms with Gasteiger partial charge < -0.3 is 0 Å². The van der Waals surface area contributed by atoms with E-state index in [0.29, 0.717) is 0 Å². The van der Waals surface area contributed by atoms with E-state index in [9.17, 15) is 0 Å². The van der Waals surface area contributed by atoms with Gasteiger partial charge in [0.25, 0.3) is 0 Å². The molecule has 0 atom stereocenters. The molecule has 3 aliphatic rings. The zero-order chi connectivity index (χ0) is 105. The second-order valence-corrected chi connectivity index (χ2v) is 51.5. The van der Waals surface area contributed by atoms with E-state index in [-0.39, 0.29) is 43.3 Å². The highest BCUT2D eigenvalue weighted by Crippen LogP contribution is 2.69. The number of fused-ring (bicyclic) bond motifs is 14. The molecule has 0 bridgehead atoms. The fourth-order valence-electron chi connectivity index (χ4n) is 24.1. The Hall–Kier alpha value is -14.8. The third-order valence-corrected chi connectivity index (χ3v) is 32.9. The summed E-state index contributed by atoms with van der Waals surface area (Å²) in [4.78, 5) is 0. The molecule has 22 rings (SSSR count). The van der Waals surface area contributed by atoms with Crippen LogP contribution in [0.25, 0.3) is 167 Å². The number of benzene rings is 19. The maximum atomic E-state index is 2.67. The molecule has 19 aromatic rings. The van der Waals surface area contributed by atoms with Crippen LogP contribution in [-0.2, 0) is 54.1 Å². The SMILES string of the molecule is Cc1ccc2c(c1)-c1c(ccc3c1-c1ccccc1C31c3ccccc3-c3ccccc31)C2(c1cc(-c2cc(-c3ccc(C(C)(C)C)cc3)cc(-c3ccc(C(C)(C)C)cc3)c2)cc(-c2cc(-c3ccc(C(C)(C)C)cc3)cc(-c3ccc(C(C)(C)C)cc3)c2)c1)c1cc(-c2cc(-c3ccc(C(C)(C)C)cc3)cc(-c3ccc(C(C)(C)C)cc3)c2)cc(-c2cc(-c3ccc(C(C)(C)C)cc3)cc(-c3ccc(C(C)(C)C)cc3)c2)c1. The van der Waals surface area contributed by atoms with Crippen LogP contribution in [0.15, 0.2) is 406 Å². The van der Waals surface area contributed by atoms with Crippen molar-refractivity contribution in [3.8, 4) is 167 Å². The molecule has 3 aliphatic carbocycles. The minimum absolute atomic E-state index is 0.0552. The molecular formula is C149H142. The summed E-state index contributed by atoms with van der Waals surface area (Å²) in [5.41, 5.74) is 54.4. The van der Waals surface area contributed by atoms with Crippen LogP contribution >= 0.6 is 0 Å². The van der Waals surface area contributed by atoms with Gasteiger partial charge in [-0.1, -0.05) is 469 Å². The average molecular weight is 1930 g/mol. The normalized spacial score (nSPS) is 13.6. The predicted octanol–water partition coefficient (Wildman–Crippen LogP) is 41.1. The lowest BCUT2D eigenvalue weighted by Gasteiger charge is -2.36. The molecule has 19 aromatic carbocycles. The van der Waals surface area contributed by atoms with Crippen LogP contribution in [0.5, 0.6) is 0 Å². The Kier molecular flexibility index (Phi) is 24.1. The smallest absolute Gasteiger partial charge is 0.0619 e. The number of aryl methyl sites for hydroxylation is 1. The fraction of sp³-hybridized carbons (Fsp3) is 0.235. The third kappa shape index (κ3) is 18.1. The Labute approximate surface area is 888 Å². The summed E-state index contributed by atoms with van der Waals surface area (Å²) >= 11 is 0. The van der Waals surface area contributed by atoms with Gasteiger partial charge in [-0.15, -0.1) is 0 Å². The summed E-state index contributed by atoms with van der Waals surface area (Å²) < 4.78 is 0. The van der Waals surface area contributed by atoms with Gasteiger partial charge in [0.2, 0.25) is 0 Å². The molecule has 0 aromatic heterocycles. The van der Waals surface area contributed by atoms with E-state index < -0.39 is 10.8 Å². The summed E-state index contributed by atoms with van der Waals surface area (Å²) in [5.74, 6) is 0. The minimum Gasteiger partial charge on any atom is -0.0619 e. The third-order valence-electron chi connectivity index (χ3n) is 32.9. The van der Waals surface area contributed by atoms with E-state index in [0.717, 1.165) is 145 Å². The lowest BCUT2D eigenvalue weighted by atomic mass is 9.65. The number of hydrogen-bond donors (Lipinski definition) is 0. The van der Waals surface area contributed by atoms with E-state index in [1.54, 1.807) is 0 Å². The van der Waals surface area contributed by atoms with Crippen LogP contribution in [0.4, 0.5) is 0 Å². The average Bonchev–Trinajstić information content (AvgIpc) is 1.48. The van der Waals surface area contributed by atoms with Crippen LogP contribution in [0.1, 0.15) is 261 Å². The summed E-state index contributed by atoms with van der Waals surface area (Å²) in [5, 5.41) is 0. The Morgan fingerprint density at radius 1 is 0.128 bits per heavy atom. The zero-order valence-electron chi connectivity index (χ0n) is 92.2. The molecule has 0 fully saturated rings. The molecule has 1 spiro atoms. The topological polar surface area (TPSA) is 0 Å². The first-order chi connectivity index (χ1) is 70.7. The van der Waals surface area contributed by atoms with E-state index in [1.807, 2.05) is 0 Å². The maximum Gasteiger partial charge on any atom is 0.0725 e. The van der Waals surface area contributed by atoms with Crippen molar-refractivity contribution in [1.29, 1.82) is 0 Å². The van der Waals surface area contributed by atoms with Crippen molar-refractivity contribution in [3.05, 3.63) is 501 Å². The lowest BCUT2D eigenvalue weighted by Crippen LogP contribution is -2.29. The van der Waals surface area contributed by atoms with Gasteiger partial charge in [0.15, 0.2) is 0 Å². The lowest BCUT2D eigenvalue weighted by molar-refractivity contribution is 0.590. The summed E-state index contributed by atoms with van der Waals surface area (Å²) in [6, 6.07) is 162.